The zero-order chi connectivity index (χ0) is 16.0. The van der Waals surface area contributed by atoms with Crippen LogP contribution >= 0.6 is 0 Å². The summed E-state index contributed by atoms with van der Waals surface area (Å²) in [6, 6.07) is 9.03. The van der Waals surface area contributed by atoms with Crippen LogP contribution in [-0.4, -0.2) is 37.7 Å². The highest BCUT2D eigenvalue weighted by atomic mass is 16.1. The number of benzene rings is 1. The summed E-state index contributed by atoms with van der Waals surface area (Å²) in [4.78, 5) is 21.8. The molecule has 0 saturated carbocycles. The molecule has 1 aromatic carbocycles. The summed E-state index contributed by atoms with van der Waals surface area (Å²) in [6.07, 6.45) is 3.65. The Labute approximate surface area is 133 Å². The first-order valence-corrected chi connectivity index (χ1v) is 7.80. The van der Waals surface area contributed by atoms with Gasteiger partial charge in [-0.1, -0.05) is 24.3 Å². The number of likely N-dealkylation sites (N-methyl/N-ethyl adjacent to an activating group) is 1. The number of nitrogens with zero attached hydrogens (tertiary/aromatic N) is 4. The van der Waals surface area contributed by atoms with Gasteiger partial charge in [-0.3, -0.25) is 14.4 Å². The highest BCUT2D eigenvalue weighted by Gasteiger charge is 2.25. The van der Waals surface area contributed by atoms with Crippen LogP contribution in [0.25, 0.3) is 11.0 Å². The Bertz CT molecular complexity index is 901. The van der Waals surface area contributed by atoms with Gasteiger partial charge in [-0.25, -0.2) is 4.98 Å². The molecule has 2 heterocycles. The number of H-pyrrole nitrogens is 1. The molecule has 0 fully saturated rings. The van der Waals surface area contributed by atoms with Gasteiger partial charge in [0.05, 0.1) is 12.7 Å². The molecule has 118 valence electrons. The second-order valence-corrected chi connectivity index (χ2v) is 6.26. The van der Waals surface area contributed by atoms with E-state index >= 15 is 0 Å². The minimum atomic E-state index is -0.124. The van der Waals surface area contributed by atoms with Crippen molar-refractivity contribution in [1.82, 2.24) is 24.6 Å². The molecule has 6 nitrogen and oxygen atoms in total. The van der Waals surface area contributed by atoms with Crippen molar-refractivity contribution in [3.8, 4) is 0 Å². The molecule has 0 amide bonds. The zero-order valence-electron chi connectivity index (χ0n) is 13.3. The summed E-state index contributed by atoms with van der Waals surface area (Å²) in [5.41, 5.74) is 3.36. The van der Waals surface area contributed by atoms with Crippen molar-refractivity contribution in [3.63, 3.8) is 0 Å². The zero-order valence-corrected chi connectivity index (χ0v) is 13.3. The molecule has 0 aliphatic heterocycles. The van der Waals surface area contributed by atoms with Crippen LogP contribution in [0.15, 0.2) is 35.3 Å². The molecule has 1 aliphatic carbocycles. The Balaban J connectivity index is 1.57. The first-order chi connectivity index (χ1) is 11.1. The fourth-order valence-corrected chi connectivity index (χ4v) is 3.37. The molecule has 0 spiro atoms. The van der Waals surface area contributed by atoms with Gasteiger partial charge >= 0.3 is 0 Å². The van der Waals surface area contributed by atoms with Gasteiger partial charge in [-0.05, 0) is 31.0 Å². The van der Waals surface area contributed by atoms with E-state index in [1.54, 1.807) is 17.9 Å². The number of fused-ring (bicyclic) bond motifs is 2. The Morgan fingerprint density at radius 1 is 1.30 bits per heavy atom. The first kappa shape index (κ1) is 14.1. The van der Waals surface area contributed by atoms with Crippen LogP contribution in [0.2, 0.25) is 0 Å². The monoisotopic (exact) mass is 309 g/mol. The van der Waals surface area contributed by atoms with Gasteiger partial charge in [0.1, 0.15) is 11.2 Å². The molecule has 0 unspecified atom stereocenters. The number of rotatable bonds is 3. The minimum absolute atomic E-state index is 0.124. The summed E-state index contributed by atoms with van der Waals surface area (Å²) in [7, 11) is 3.89. The lowest BCUT2D eigenvalue weighted by molar-refractivity contribution is 0.235. The van der Waals surface area contributed by atoms with Gasteiger partial charge in [-0.2, -0.15) is 5.10 Å². The maximum absolute atomic E-state index is 12.1. The van der Waals surface area contributed by atoms with E-state index in [0.717, 1.165) is 12.8 Å². The fraction of sp³-hybridized carbons (Fsp3) is 0.353. The minimum Gasteiger partial charge on any atom is -0.309 e. The Kier molecular flexibility index (Phi) is 3.27. The van der Waals surface area contributed by atoms with Crippen LogP contribution < -0.4 is 5.56 Å². The molecule has 0 saturated heterocycles. The van der Waals surface area contributed by atoms with Gasteiger partial charge in [0.2, 0.25) is 0 Å². The van der Waals surface area contributed by atoms with E-state index in [2.05, 4.69) is 51.3 Å². The van der Waals surface area contributed by atoms with Crippen molar-refractivity contribution in [2.75, 3.05) is 7.05 Å². The van der Waals surface area contributed by atoms with Crippen LogP contribution in [0, 0.1) is 0 Å². The second kappa shape index (κ2) is 5.31. The second-order valence-electron chi connectivity index (χ2n) is 6.26. The van der Waals surface area contributed by atoms with Crippen LogP contribution in [0.4, 0.5) is 0 Å². The molecule has 1 N–H and O–H groups in total. The van der Waals surface area contributed by atoms with E-state index in [1.807, 2.05) is 0 Å². The molecule has 3 aromatic rings. The predicted molar refractivity (Wildman–Crippen MR) is 88.2 cm³/mol. The number of nitrogens with one attached hydrogen (secondary N) is 1. The topological polar surface area (TPSA) is 66.8 Å². The molecular weight excluding hydrogens is 290 g/mol. The fourth-order valence-electron chi connectivity index (χ4n) is 3.37. The third-order valence-corrected chi connectivity index (χ3v) is 4.70. The number of hydrogen-bond acceptors (Lipinski definition) is 4. The largest absolute Gasteiger partial charge is 0.309 e. The van der Waals surface area contributed by atoms with Gasteiger partial charge in [0.25, 0.3) is 5.56 Å². The maximum Gasteiger partial charge on any atom is 0.262 e. The molecule has 6 heteroatoms. The van der Waals surface area contributed by atoms with Crippen molar-refractivity contribution in [1.29, 1.82) is 0 Å². The Hall–Kier alpha value is -2.47. The average molecular weight is 309 g/mol. The van der Waals surface area contributed by atoms with Gasteiger partial charge in [0.15, 0.2) is 5.65 Å². The molecule has 0 bridgehead atoms. The molecular formula is C17H19N5O. The SMILES string of the molecule is CN(Cc1nc2c(cnn2C)c(=O)[nH]1)C1Cc2ccccc2C1. The van der Waals surface area contributed by atoms with Crippen LogP contribution in [-0.2, 0) is 26.4 Å². The number of hydrogen-bond donors (Lipinski definition) is 1. The van der Waals surface area contributed by atoms with E-state index in [9.17, 15) is 4.79 Å². The Morgan fingerprint density at radius 3 is 2.70 bits per heavy atom. The lowest BCUT2D eigenvalue weighted by Crippen LogP contribution is -2.33. The summed E-state index contributed by atoms with van der Waals surface area (Å²) in [6.45, 7) is 0.620. The summed E-state index contributed by atoms with van der Waals surface area (Å²) in [5.74, 6) is 0.685. The van der Waals surface area contributed by atoms with E-state index in [1.165, 1.54) is 11.1 Å². The molecule has 23 heavy (non-hydrogen) atoms. The summed E-state index contributed by atoms with van der Waals surface area (Å²) >= 11 is 0. The predicted octanol–water partition coefficient (Wildman–Crippen LogP) is 1.26. The lowest BCUT2D eigenvalue weighted by Gasteiger charge is -2.23. The molecule has 0 atom stereocenters. The van der Waals surface area contributed by atoms with E-state index in [4.69, 9.17) is 0 Å². The van der Waals surface area contributed by atoms with Gasteiger partial charge in [-0.15, -0.1) is 0 Å². The van der Waals surface area contributed by atoms with Crippen LogP contribution in [0.1, 0.15) is 17.0 Å². The number of aromatic amines is 1. The highest BCUT2D eigenvalue weighted by molar-refractivity contribution is 5.72. The Morgan fingerprint density at radius 2 is 2.00 bits per heavy atom. The highest BCUT2D eigenvalue weighted by Crippen LogP contribution is 2.25. The summed E-state index contributed by atoms with van der Waals surface area (Å²) in [5, 5.41) is 4.64. The number of aromatic nitrogens is 4. The molecule has 4 rings (SSSR count). The van der Waals surface area contributed by atoms with E-state index in [0.29, 0.717) is 29.4 Å². The van der Waals surface area contributed by atoms with Crippen molar-refractivity contribution < 1.29 is 0 Å². The molecule has 2 aromatic heterocycles. The molecule has 1 aliphatic rings. The van der Waals surface area contributed by atoms with Crippen LogP contribution in [0.3, 0.4) is 0 Å². The van der Waals surface area contributed by atoms with Crippen molar-refractivity contribution in [2.24, 2.45) is 7.05 Å². The first-order valence-electron chi connectivity index (χ1n) is 7.80. The molecule has 0 radical (unpaired) electrons. The number of aryl methyl sites for hydroxylation is 1. The van der Waals surface area contributed by atoms with E-state index < -0.39 is 0 Å². The van der Waals surface area contributed by atoms with Crippen molar-refractivity contribution in [3.05, 3.63) is 57.8 Å². The van der Waals surface area contributed by atoms with Gasteiger partial charge < -0.3 is 4.98 Å². The van der Waals surface area contributed by atoms with Crippen molar-refractivity contribution in [2.45, 2.75) is 25.4 Å². The normalized spacial score (nSPS) is 14.7. The van der Waals surface area contributed by atoms with E-state index in [-0.39, 0.29) is 5.56 Å². The smallest absolute Gasteiger partial charge is 0.262 e. The van der Waals surface area contributed by atoms with Crippen molar-refractivity contribution >= 4 is 11.0 Å². The third kappa shape index (κ3) is 2.45. The standard InChI is InChI=1S/C17H19N5O/c1-21(13-7-11-5-3-4-6-12(11)8-13)10-15-19-16-14(17(23)20-15)9-18-22(16)2/h3-6,9,13H,7-8,10H2,1-2H3,(H,19,20,23). The third-order valence-electron chi connectivity index (χ3n) is 4.70. The maximum atomic E-state index is 12.1. The van der Waals surface area contributed by atoms with Gasteiger partial charge in [0, 0.05) is 13.1 Å². The quantitative estimate of drug-likeness (QED) is 0.791. The average Bonchev–Trinajstić information content (AvgIpc) is 3.12. The lowest BCUT2D eigenvalue weighted by atomic mass is 10.1. The van der Waals surface area contributed by atoms with Crippen LogP contribution in [0.5, 0.6) is 0 Å². The summed E-state index contributed by atoms with van der Waals surface area (Å²) < 4.78 is 1.64.